The lowest BCUT2D eigenvalue weighted by Gasteiger charge is -1.99. The van der Waals surface area contributed by atoms with Crippen LogP contribution in [0.1, 0.15) is 31.9 Å². The van der Waals surface area contributed by atoms with Crippen molar-refractivity contribution >= 4 is 5.88 Å². The molecule has 0 amide bonds. The summed E-state index contributed by atoms with van der Waals surface area (Å²) in [5.41, 5.74) is 1.02. The Balaban J connectivity index is 2.71. The van der Waals surface area contributed by atoms with Crippen LogP contribution in [0.25, 0.3) is 0 Å². The second kappa shape index (κ2) is 3.42. The van der Waals surface area contributed by atoms with Gasteiger partial charge >= 0.3 is 0 Å². The van der Waals surface area contributed by atoms with Crippen LogP contribution in [0.5, 0.6) is 0 Å². The second-order valence-corrected chi connectivity index (χ2v) is 2.68. The molecule has 3 nitrogen and oxygen atoms in total. The minimum atomic E-state index is 0.487. The van der Waals surface area contributed by atoms with E-state index in [0.29, 0.717) is 5.92 Å². The first kappa shape index (κ1) is 8.11. The Hall–Kier alpha value is -0.990. The third-order valence-corrected chi connectivity index (χ3v) is 1.89. The minimum Gasteiger partial charge on any atom is -0.357 e. The van der Waals surface area contributed by atoms with Crippen molar-refractivity contribution < 1.29 is 4.52 Å². The van der Waals surface area contributed by atoms with Crippen LogP contribution in [0.2, 0.25) is 0 Å². The molecule has 0 saturated heterocycles. The number of nitrogens with zero attached hydrogens (tertiary/aromatic N) is 1. The van der Waals surface area contributed by atoms with Crippen LogP contribution in [-0.4, -0.2) is 12.2 Å². The van der Waals surface area contributed by atoms with Gasteiger partial charge in [-0.15, -0.1) is 0 Å². The van der Waals surface area contributed by atoms with Crippen LogP contribution >= 0.6 is 0 Å². The maximum atomic E-state index is 4.98. The normalized spacial score (nSPS) is 13.0. The third-order valence-electron chi connectivity index (χ3n) is 1.89. The Labute approximate surface area is 66.8 Å². The lowest BCUT2D eigenvalue weighted by atomic mass is 10.1. The van der Waals surface area contributed by atoms with Crippen molar-refractivity contribution in [2.75, 3.05) is 12.4 Å². The molecule has 0 radical (unpaired) electrons. The summed E-state index contributed by atoms with van der Waals surface area (Å²) in [6, 6.07) is 1.94. The summed E-state index contributed by atoms with van der Waals surface area (Å²) in [5, 5.41) is 6.82. The highest BCUT2D eigenvalue weighted by molar-refractivity contribution is 5.31. The van der Waals surface area contributed by atoms with Gasteiger partial charge in [-0.05, 0) is 6.42 Å². The molecule has 62 valence electrons. The van der Waals surface area contributed by atoms with Gasteiger partial charge in [-0.2, -0.15) is 0 Å². The molecule has 1 aromatic heterocycles. The first-order valence-corrected chi connectivity index (χ1v) is 3.92. The van der Waals surface area contributed by atoms with Gasteiger partial charge in [0, 0.05) is 19.0 Å². The van der Waals surface area contributed by atoms with Gasteiger partial charge in [0.2, 0.25) is 5.88 Å². The SMILES string of the molecule is CCC(C)c1cc(NC)on1. The van der Waals surface area contributed by atoms with Crippen LogP contribution in [-0.2, 0) is 0 Å². The quantitative estimate of drug-likeness (QED) is 0.725. The molecule has 0 bridgehead atoms. The number of hydrogen-bond donors (Lipinski definition) is 1. The molecule has 0 aliphatic rings. The molecule has 1 N–H and O–H groups in total. The minimum absolute atomic E-state index is 0.487. The van der Waals surface area contributed by atoms with E-state index in [-0.39, 0.29) is 0 Å². The molecule has 0 spiro atoms. The molecule has 1 rings (SSSR count). The Kier molecular flexibility index (Phi) is 2.52. The Morgan fingerprint density at radius 2 is 2.45 bits per heavy atom. The monoisotopic (exact) mass is 154 g/mol. The highest BCUT2D eigenvalue weighted by atomic mass is 16.5. The molecule has 0 aliphatic carbocycles. The van der Waals surface area contributed by atoms with Crippen molar-refractivity contribution in [1.29, 1.82) is 0 Å². The summed E-state index contributed by atoms with van der Waals surface area (Å²) in [5.74, 6) is 1.22. The number of nitrogens with one attached hydrogen (secondary N) is 1. The predicted molar refractivity (Wildman–Crippen MR) is 44.8 cm³/mol. The zero-order valence-electron chi connectivity index (χ0n) is 7.22. The Morgan fingerprint density at radius 3 is 2.91 bits per heavy atom. The van der Waals surface area contributed by atoms with Crippen LogP contribution in [0.15, 0.2) is 10.6 Å². The van der Waals surface area contributed by atoms with Crippen LogP contribution in [0, 0.1) is 0 Å². The molecule has 1 unspecified atom stereocenters. The van der Waals surface area contributed by atoms with Crippen LogP contribution in [0.4, 0.5) is 5.88 Å². The smallest absolute Gasteiger partial charge is 0.224 e. The molecule has 0 fully saturated rings. The number of hydrogen-bond acceptors (Lipinski definition) is 3. The molecular weight excluding hydrogens is 140 g/mol. The van der Waals surface area contributed by atoms with Crippen molar-refractivity contribution in [3.8, 4) is 0 Å². The van der Waals surface area contributed by atoms with Crippen molar-refractivity contribution in [3.63, 3.8) is 0 Å². The summed E-state index contributed by atoms with van der Waals surface area (Å²) in [6.07, 6.45) is 1.09. The summed E-state index contributed by atoms with van der Waals surface area (Å²) in [4.78, 5) is 0. The summed E-state index contributed by atoms with van der Waals surface area (Å²) >= 11 is 0. The zero-order chi connectivity index (χ0) is 8.27. The standard InChI is InChI=1S/C8H14N2O/c1-4-6(2)7-5-8(9-3)11-10-7/h5-6,9H,4H2,1-3H3. The van der Waals surface area contributed by atoms with Gasteiger partial charge in [-0.3, -0.25) is 0 Å². The molecule has 1 aromatic rings. The van der Waals surface area contributed by atoms with Gasteiger partial charge in [0.25, 0.3) is 0 Å². The average molecular weight is 154 g/mol. The summed E-state index contributed by atoms with van der Waals surface area (Å²) in [6.45, 7) is 4.27. The summed E-state index contributed by atoms with van der Waals surface area (Å²) < 4.78 is 4.98. The topological polar surface area (TPSA) is 38.1 Å². The van der Waals surface area contributed by atoms with E-state index in [1.807, 2.05) is 13.1 Å². The average Bonchev–Trinajstić information content (AvgIpc) is 2.50. The number of anilines is 1. The van der Waals surface area contributed by atoms with Gasteiger partial charge in [0.15, 0.2) is 0 Å². The molecule has 3 heteroatoms. The fourth-order valence-corrected chi connectivity index (χ4v) is 0.848. The zero-order valence-corrected chi connectivity index (χ0v) is 7.22. The van der Waals surface area contributed by atoms with E-state index < -0.39 is 0 Å². The van der Waals surface area contributed by atoms with Crippen LogP contribution in [0.3, 0.4) is 0 Å². The lowest BCUT2D eigenvalue weighted by Crippen LogP contribution is -1.89. The molecular formula is C8H14N2O. The van der Waals surface area contributed by atoms with E-state index >= 15 is 0 Å². The van der Waals surface area contributed by atoms with Gasteiger partial charge in [0.1, 0.15) is 0 Å². The van der Waals surface area contributed by atoms with E-state index in [1.54, 1.807) is 0 Å². The Morgan fingerprint density at radius 1 is 1.73 bits per heavy atom. The number of aromatic nitrogens is 1. The van der Waals surface area contributed by atoms with Gasteiger partial charge < -0.3 is 9.84 Å². The lowest BCUT2D eigenvalue weighted by molar-refractivity contribution is 0.418. The second-order valence-electron chi connectivity index (χ2n) is 2.68. The first-order valence-electron chi connectivity index (χ1n) is 3.92. The van der Waals surface area contributed by atoms with E-state index in [1.165, 1.54) is 0 Å². The maximum absolute atomic E-state index is 4.98. The van der Waals surface area contributed by atoms with Crippen molar-refractivity contribution in [2.45, 2.75) is 26.2 Å². The van der Waals surface area contributed by atoms with Crippen molar-refractivity contribution in [3.05, 3.63) is 11.8 Å². The Bertz CT molecular complexity index is 220. The third kappa shape index (κ3) is 1.73. The van der Waals surface area contributed by atoms with E-state index in [9.17, 15) is 0 Å². The van der Waals surface area contributed by atoms with E-state index in [4.69, 9.17) is 4.52 Å². The van der Waals surface area contributed by atoms with E-state index in [2.05, 4.69) is 24.3 Å². The molecule has 1 heterocycles. The van der Waals surface area contributed by atoms with Crippen LogP contribution < -0.4 is 5.32 Å². The highest BCUT2D eigenvalue weighted by Gasteiger charge is 2.08. The molecule has 0 saturated carbocycles. The van der Waals surface area contributed by atoms with Gasteiger partial charge in [0.05, 0.1) is 5.69 Å². The van der Waals surface area contributed by atoms with Gasteiger partial charge in [-0.25, -0.2) is 0 Å². The van der Waals surface area contributed by atoms with Crippen molar-refractivity contribution in [1.82, 2.24) is 5.16 Å². The predicted octanol–water partition coefficient (Wildman–Crippen LogP) is 2.23. The van der Waals surface area contributed by atoms with Crippen molar-refractivity contribution in [2.24, 2.45) is 0 Å². The molecule has 11 heavy (non-hydrogen) atoms. The first-order chi connectivity index (χ1) is 5.27. The number of rotatable bonds is 3. The summed E-state index contributed by atoms with van der Waals surface area (Å²) in [7, 11) is 1.82. The van der Waals surface area contributed by atoms with Gasteiger partial charge in [-0.1, -0.05) is 19.0 Å². The fourth-order valence-electron chi connectivity index (χ4n) is 0.848. The van der Waals surface area contributed by atoms with E-state index in [0.717, 1.165) is 18.0 Å². The largest absolute Gasteiger partial charge is 0.357 e. The molecule has 1 atom stereocenters. The highest BCUT2D eigenvalue weighted by Crippen LogP contribution is 2.19. The maximum Gasteiger partial charge on any atom is 0.224 e. The molecule has 0 aliphatic heterocycles. The fraction of sp³-hybridized carbons (Fsp3) is 0.625. The molecule has 0 aromatic carbocycles.